The van der Waals surface area contributed by atoms with Gasteiger partial charge in [0.1, 0.15) is 0 Å². The molecular formula is C22H26N4O3. The highest BCUT2D eigenvalue weighted by molar-refractivity contribution is 6.07. The molecule has 1 amide bonds. The zero-order valence-electron chi connectivity index (χ0n) is 17.4. The van der Waals surface area contributed by atoms with Gasteiger partial charge in [0.2, 0.25) is 0 Å². The maximum atomic E-state index is 13.3. The molecule has 2 N–H and O–H groups in total. The molecule has 1 unspecified atom stereocenters. The molecule has 0 saturated heterocycles. The average molecular weight is 394 g/mol. The van der Waals surface area contributed by atoms with Crippen LogP contribution in [0.1, 0.15) is 43.2 Å². The first-order valence-corrected chi connectivity index (χ1v) is 9.56. The minimum atomic E-state index is -0.955. The van der Waals surface area contributed by atoms with E-state index in [9.17, 15) is 14.7 Å². The zero-order chi connectivity index (χ0) is 21.3. The van der Waals surface area contributed by atoms with Gasteiger partial charge in [-0.25, -0.2) is 4.98 Å². The highest BCUT2D eigenvalue weighted by Crippen LogP contribution is 2.28. The molecule has 0 aliphatic rings. The summed E-state index contributed by atoms with van der Waals surface area (Å²) in [6, 6.07) is 11.4. The van der Waals surface area contributed by atoms with Crippen LogP contribution in [-0.2, 0) is 11.8 Å². The summed E-state index contributed by atoms with van der Waals surface area (Å²) in [6.45, 7) is 7.39. The Balaban J connectivity index is 2.14. The minimum absolute atomic E-state index is 0.0662. The first-order valence-electron chi connectivity index (χ1n) is 9.56. The fourth-order valence-corrected chi connectivity index (χ4v) is 3.41. The van der Waals surface area contributed by atoms with Crippen molar-refractivity contribution in [2.75, 3.05) is 0 Å². The normalized spacial score (nSPS) is 13.4. The van der Waals surface area contributed by atoms with Crippen LogP contribution in [0, 0.1) is 12.8 Å². The molecule has 7 heteroatoms. The maximum Gasteiger partial charge on any atom is 0.305 e. The number of rotatable bonds is 6. The Morgan fingerprint density at radius 2 is 1.90 bits per heavy atom. The van der Waals surface area contributed by atoms with E-state index in [1.54, 1.807) is 24.7 Å². The molecule has 0 radical (unpaired) electrons. The number of carbonyl (C=O) groups excluding carboxylic acids is 1. The number of aryl methyl sites for hydroxylation is 2. The van der Waals surface area contributed by atoms with Crippen molar-refractivity contribution < 1.29 is 14.7 Å². The zero-order valence-corrected chi connectivity index (χ0v) is 17.4. The number of carbonyl (C=O) groups is 2. The standard InChI is InChI=1S/C22H26N4O3/c1-13(2)22(4,12-18(27)28)24-21(29)16-11-17(15-9-7-6-8-10-15)23-20-19(16)14(3)25-26(20)5/h6-11,13H,12H2,1-5H3,(H,24,29)(H,27,28). The molecule has 29 heavy (non-hydrogen) atoms. The summed E-state index contributed by atoms with van der Waals surface area (Å²) < 4.78 is 1.66. The molecule has 0 bridgehead atoms. The second-order valence-corrected chi connectivity index (χ2v) is 7.93. The van der Waals surface area contributed by atoms with E-state index in [1.165, 1.54) is 0 Å². The number of aromatic nitrogens is 3. The lowest BCUT2D eigenvalue weighted by Crippen LogP contribution is -2.51. The van der Waals surface area contributed by atoms with Gasteiger partial charge in [-0.15, -0.1) is 0 Å². The lowest BCUT2D eigenvalue weighted by molar-refractivity contribution is -0.138. The van der Waals surface area contributed by atoms with Crippen LogP contribution in [0.4, 0.5) is 0 Å². The molecule has 0 saturated carbocycles. The van der Waals surface area contributed by atoms with Gasteiger partial charge in [0, 0.05) is 12.6 Å². The van der Waals surface area contributed by atoms with E-state index < -0.39 is 11.5 Å². The van der Waals surface area contributed by atoms with Gasteiger partial charge >= 0.3 is 5.97 Å². The monoisotopic (exact) mass is 394 g/mol. The highest BCUT2D eigenvalue weighted by Gasteiger charge is 2.34. The lowest BCUT2D eigenvalue weighted by Gasteiger charge is -2.33. The van der Waals surface area contributed by atoms with E-state index in [0.717, 1.165) is 5.56 Å². The minimum Gasteiger partial charge on any atom is -0.481 e. The number of hydrogen-bond acceptors (Lipinski definition) is 4. The van der Waals surface area contributed by atoms with E-state index in [-0.39, 0.29) is 18.2 Å². The summed E-state index contributed by atoms with van der Waals surface area (Å²) in [5.74, 6) is -1.35. The smallest absolute Gasteiger partial charge is 0.305 e. The van der Waals surface area contributed by atoms with Gasteiger partial charge in [-0.1, -0.05) is 44.2 Å². The average Bonchev–Trinajstić information content (AvgIpc) is 2.95. The van der Waals surface area contributed by atoms with Crippen molar-refractivity contribution in [3.63, 3.8) is 0 Å². The quantitative estimate of drug-likeness (QED) is 0.666. The van der Waals surface area contributed by atoms with Gasteiger partial charge in [-0.05, 0) is 25.8 Å². The number of benzene rings is 1. The van der Waals surface area contributed by atoms with E-state index in [0.29, 0.717) is 28.0 Å². The van der Waals surface area contributed by atoms with Crippen LogP contribution in [0.25, 0.3) is 22.3 Å². The largest absolute Gasteiger partial charge is 0.481 e. The summed E-state index contributed by atoms with van der Waals surface area (Å²) in [6.07, 6.45) is -0.164. The summed E-state index contributed by atoms with van der Waals surface area (Å²) in [4.78, 5) is 29.4. The molecular weight excluding hydrogens is 368 g/mol. The lowest BCUT2D eigenvalue weighted by atomic mass is 9.84. The fourth-order valence-electron chi connectivity index (χ4n) is 3.41. The van der Waals surface area contributed by atoms with Crippen molar-refractivity contribution in [1.82, 2.24) is 20.1 Å². The van der Waals surface area contributed by atoms with Crippen LogP contribution >= 0.6 is 0 Å². The molecule has 0 spiro atoms. The number of amides is 1. The molecule has 0 fully saturated rings. The van der Waals surface area contributed by atoms with Crippen molar-refractivity contribution in [3.05, 3.63) is 47.7 Å². The van der Waals surface area contributed by atoms with Gasteiger partial charge in [-0.2, -0.15) is 5.10 Å². The number of aliphatic carboxylic acids is 1. The summed E-state index contributed by atoms with van der Waals surface area (Å²) in [7, 11) is 1.79. The molecule has 0 aliphatic carbocycles. The van der Waals surface area contributed by atoms with Crippen molar-refractivity contribution in [2.24, 2.45) is 13.0 Å². The number of fused-ring (bicyclic) bond motifs is 1. The Labute approximate surface area is 169 Å². The Morgan fingerprint density at radius 3 is 2.48 bits per heavy atom. The Bertz CT molecular complexity index is 1070. The van der Waals surface area contributed by atoms with Crippen LogP contribution in [-0.4, -0.2) is 37.3 Å². The highest BCUT2D eigenvalue weighted by atomic mass is 16.4. The second kappa shape index (κ2) is 7.66. The summed E-state index contributed by atoms with van der Waals surface area (Å²) in [5, 5.41) is 17.4. The van der Waals surface area contributed by atoms with Crippen molar-refractivity contribution in [3.8, 4) is 11.3 Å². The Hall–Kier alpha value is -3.22. The molecule has 2 heterocycles. The number of carboxylic acid groups (broad SMARTS) is 1. The SMILES string of the molecule is Cc1nn(C)c2nc(-c3ccccc3)cc(C(=O)NC(C)(CC(=O)O)C(C)C)c12. The van der Waals surface area contributed by atoms with Crippen LogP contribution in [0.15, 0.2) is 36.4 Å². The van der Waals surface area contributed by atoms with Gasteiger partial charge in [0.15, 0.2) is 5.65 Å². The first-order chi connectivity index (χ1) is 13.6. The van der Waals surface area contributed by atoms with Crippen LogP contribution in [0.2, 0.25) is 0 Å². The molecule has 1 aromatic carbocycles. The van der Waals surface area contributed by atoms with Crippen molar-refractivity contribution in [2.45, 2.75) is 39.7 Å². The summed E-state index contributed by atoms with van der Waals surface area (Å²) in [5.41, 5.74) is 2.41. The van der Waals surface area contributed by atoms with Gasteiger partial charge < -0.3 is 10.4 Å². The number of pyridine rings is 1. The molecule has 2 aromatic heterocycles. The van der Waals surface area contributed by atoms with Crippen molar-refractivity contribution >= 4 is 22.9 Å². The predicted molar refractivity (Wildman–Crippen MR) is 112 cm³/mol. The van der Waals surface area contributed by atoms with Gasteiger partial charge in [0.05, 0.1) is 34.3 Å². The topological polar surface area (TPSA) is 97.1 Å². The summed E-state index contributed by atoms with van der Waals surface area (Å²) >= 11 is 0. The Morgan fingerprint density at radius 1 is 1.24 bits per heavy atom. The number of nitrogens with one attached hydrogen (secondary N) is 1. The third-order valence-electron chi connectivity index (χ3n) is 5.47. The maximum absolute atomic E-state index is 13.3. The van der Waals surface area contributed by atoms with E-state index in [1.807, 2.05) is 51.1 Å². The molecule has 7 nitrogen and oxygen atoms in total. The molecule has 3 rings (SSSR count). The number of hydrogen-bond donors (Lipinski definition) is 2. The second-order valence-electron chi connectivity index (χ2n) is 7.93. The molecule has 152 valence electrons. The van der Waals surface area contributed by atoms with Gasteiger partial charge in [-0.3, -0.25) is 14.3 Å². The van der Waals surface area contributed by atoms with E-state index in [2.05, 4.69) is 10.4 Å². The molecule has 3 aromatic rings. The first kappa shape index (κ1) is 20.5. The van der Waals surface area contributed by atoms with E-state index in [4.69, 9.17) is 4.98 Å². The van der Waals surface area contributed by atoms with E-state index >= 15 is 0 Å². The molecule has 0 aliphatic heterocycles. The third-order valence-corrected chi connectivity index (χ3v) is 5.47. The Kier molecular flexibility index (Phi) is 5.42. The predicted octanol–water partition coefficient (Wildman–Crippen LogP) is 3.56. The number of carboxylic acids is 1. The van der Waals surface area contributed by atoms with Crippen LogP contribution in [0.3, 0.4) is 0 Å². The van der Waals surface area contributed by atoms with Crippen LogP contribution < -0.4 is 5.32 Å². The van der Waals surface area contributed by atoms with Gasteiger partial charge in [0.25, 0.3) is 5.91 Å². The molecule has 1 atom stereocenters. The fraction of sp³-hybridized carbons (Fsp3) is 0.364. The number of nitrogens with zero attached hydrogens (tertiary/aromatic N) is 3. The van der Waals surface area contributed by atoms with Crippen molar-refractivity contribution in [1.29, 1.82) is 0 Å². The van der Waals surface area contributed by atoms with Crippen LogP contribution in [0.5, 0.6) is 0 Å². The third kappa shape index (κ3) is 3.99.